The summed E-state index contributed by atoms with van der Waals surface area (Å²) in [6.45, 7) is 4.22. The normalized spacial score (nSPS) is 12.3. The lowest BCUT2D eigenvalue weighted by Gasteiger charge is -2.21. The minimum Gasteiger partial charge on any atom is -0.320 e. The third kappa shape index (κ3) is 4.57. The molecule has 0 spiro atoms. The standard InChI is InChI=1S/C15H19N3O2S/c1-3-18(12-13(2)11-17)21(19,20)15-8-6-14(7-9-15)5-4-10-16/h6-9,13H,3,10,12,16H2,1-2H3. The smallest absolute Gasteiger partial charge is 0.243 e. The second-order valence-corrected chi connectivity index (χ2v) is 6.45. The number of nitriles is 1. The van der Waals surface area contributed by atoms with Gasteiger partial charge in [-0.1, -0.05) is 18.8 Å². The summed E-state index contributed by atoms with van der Waals surface area (Å²) in [6.07, 6.45) is 0. The zero-order valence-electron chi connectivity index (χ0n) is 12.2. The van der Waals surface area contributed by atoms with Gasteiger partial charge in [0.1, 0.15) is 0 Å². The van der Waals surface area contributed by atoms with E-state index in [0.29, 0.717) is 12.1 Å². The summed E-state index contributed by atoms with van der Waals surface area (Å²) in [6, 6.07) is 8.40. The van der Waals surface area contributed by atoms with Gasteiger partial charge in [-0.2, -0.15) is 9.57 Å². The minimum atomic E-state index is -3.58. The topological polar surface area (TPSA) is 87.2 Å². The summed E-state index contributed by atoms with van der Waals surface area (Å²) < 4.78 is 26.3. The van der Waals surface area contributed by atoms with Gasteiger partial charge < -0.3 is 5.73 Å². The Bertz CT molecular complexity index is 664. The number of nitrogens with zero attached hydrogens (tertiary/aromatic N) is 2. The van der Waals surface area contributed by atoms with Crippen LogP contribution in [-0.4, -0.2) is 32.4 Å². The zero-order valence-corrected chi connectivity index (χ0v) is 13.0. The van der Waals surface area contributed by atoms with E-state index in [1.54, 1.807) is 26.0 Å². The molecule has 1 unspecified atom stereocenters. The van der Waals surface area contributed by atoms with Crippen LogP contribution in [0.25, 0.3) is 0 Å². The van der Waals surface area contributed by atoms with Crippen molar-refractivity contribution in [3.05, 3.63) is 29.8 Å². The van der Waals surface area contributed by atoms with Crippen LogP contribution in [0.2, 0.25) is 0 Å². The van der Waals surface area contributed by atoms with Gasteiger partial charge in [-0.25, -0.2) is 8.42 Å². The fourth-order valence-electron chi connectivity index (χ4n) is 1.76. The maximum Gasteiger partial charge on any atom is 0.243 e. The molecule has 1 atom stereocenters. The molecule has 2 N–H and O–H groups in total. The Balaban J connectivity index is 3.03. The van der Waals surface area contributed by atoms with E-state index in [9.17, 15) is 8.42 Å². The average Bonchev–Trinajstić information content (AvgIpc) is 2.50. The summed E-state index contributed by atoms with van der Waals surface area (Å²) in [5.41, 5.74) is 6.01. The maximum atomic E-state index is 12.5. The molecule has 21 heavy (non-hydrogen) atoms. The Hall–Kier alpha value is -1.86. The predicted molar refractivity (Wildman–Crippen MR) is 81.6 cm³/mol. The van der Waals surface area contributed by atoms with E-state index in [4.69, 9.17) is 11.0 Å². The summed E-state index contributed by atoms with van der Waals surface area (Å²) in [5.74, 6) is 5.20. The molecule has 6 heteroatoms. The van der Waals surface area contributed by atoms with Gasteiger partial charge in [-0.05, 0) is 31.2 Å². The molecule has 0 fully saturated rings. The molecule has 1 aromatic rings. The van der Waals surface area contributed by atoms with Crippen molar-refractivity contribution in [2.75, 3.05) is 19.6 Å². The lowest BCUT2D eigenvalue weighted by atomic mass is 10.2. The molecule has 1 rings (SSSR count). The lowest BCUT2D eigenvalue weighted by Crippen LogP contribution is -2.34. The van der Waals surface area contributed by atoms with Crippen LogP contribution in [-0.2, 0) is 10.0 Å². The Morgan fingerprint density at radius 1 is 1.33 bits per heavy atom. The largest absolute Gasteiger partial charge is 0.320 e. The first-order chi connectivity index (χ1) is 9.95. The molecule has 0 heterocycles. The van der Waals surface area contributed by atoms with Crippen LogP contribution in [0.1, 0.15) is 19.4 Å². The van der Waals surface area contributed by atoms with Gasteiger partial charge in [0.25, 0.3) is 0 Å². The molecule has 0 aliphatic carbocycles. The molecular weight excluding hydrogens is 286 g/mol. The highest BCUT2D eigenvalue weighted by Gasteiger charge is 2.24. The van der Waals surface area contributed by atoms with Crippen molar-refractivity contribution < 1.29 is 8.42 Å². The van der Waals surface area contributed by atoms with Gasteiger partial charge in [0, 0.05) is 18.7 Å². The van der Waals surface area contributed by atoms with E-state index in [0.717, 1.165) is 0 Å². The zero-order chi connectivity index (χ0) is 15.9. The minimum absolute atomic E-state index is 0.185. The Kier molecular flexibility index (Phi) is 6.39. The number of rotatable bonds is 5. The van der Waals surface area contributed by atoms with Gasteiger partial charge in [-0.3, -0.25) is 0 Å². The van der Waals surface area contributed by atoms with Crippen molar-refractivity contribution in [1.82, 2.24) is 4.31 Å². The Morgan fingerprint density at radius 3 is 2.43 bits per heavy atom. The van der Waals surface area contributed by atoms with Gasteiger partial charge >= 0.3 is 0 Å². The van der Waals surface area contributed by atoms with Crippen molar-refractivity contribution in [3.63, 3.8) is 0 Å². The van der Waals surface area contributed by atoms with Crippen LogP contribution < -0.4 is 5.73 Å². The van der Waals surface area contributed by atoms with Gasteiger partial charge in [0.2, 0.25) is 10.0 Å². The summed E-state index contributed by atoms with van der Waals surface area (Å²) in [5, 5.41) is 8.84. The quantitative estimate of drug-likeness (QED) is 0.827. The molecule has 0 saturated carbocycles. The first-order valence-corrected chi connectivity index (χ1v) is 8.08. The highest BCUT2D eigenvalue weighted by Crippen LogP contribution is 2.17. The van der Waals surface area contributed by atoms with Crippen molar-refractivity contribution in [1.29, 1.82) is 5.26 Å². The molecule has 0 amide bonds. The number of nitrogens with two attached hydrogens (primary N) is 1. The Labute approximate surface area is 126 Å². The highest BCUT2D eigenvalue weighted by molar-refractivity contribution is 7.89. The fraction of sp³-hybridized carbons (Fsp3) is 0.400. The van der Waals surface area contributed by atoms with Crippen molar-refractivity contribution in [3.8, 4) is 17.9 Å². The van der Waals surface area contributed by atoms with Crippen molar-refractivity contribution in [2.24, 2.45) is 11.7 Å². The van der Waals surface area contributed by atoms with Crippen LogP contribution in [0.5, 0.6) is 0 Å². The van der Waals surface area contributed by atoms with E-state index in [1.165, 1.54) is 16.4 Å². The molecule has 112 valence electrons. The van der Waals surface area contributed by atoms with Crippen molar-refractivity contribution in [2.45, 2.75) is 18.7 Å². The number of benzene rings is 1. The molecular formula is C15H19N3O2S. The van der Waals surface area contributed by atoms with Crippen molar-refractivity contribution >= 4 is 10.0 Å². The fourth-order valence-corrected chi connectivity index (χ4v) is 3.29. The van der Waals surface area contributed by atoms with E-state index < -0.39 is 10.0 Å². The second kappa shape index (κ2) is 7.80. The summed E-state index contributed by atoms with van der Waals surface area (Å²) >= 11 is 0. The Morgan fingerprint density at radius 2 is 1.95 bits per heavy atom. The van der Waals surface area contributed by atoms with Crippen LogP contribution in [0.15, 0.2) is 29.2 Å². The summed E-state index contributed by atoms with van der Waals surface area (Å²) in [7, 11) is -3.58. The summed E-state index contributed by atoms with van der Waals surface area (Å²) in [4.78, 5) is 0.202. The van der Waals surface area contributed by atoms with Crippen LogP contribution in [0, 0.1) is 29.1 Å². The second-order valence-electron chi connectivity index (χ2n) is 4.52. The molecule has 5 nitrogen and oxygen atoms in total. The van der Waals surface area contributed by atoms with Crippen LogP contribution in [0.4, 0.5) is 0 Å². The third-order valence-corrected chi connectivity index (χ3v) is 4.83. The van der Waals surface area contributed by atoms with E-state index in [-0.39, 0.29) is 23.9 Å². The maximum absolute atomic E-state index is 12.5. The monoisotopic (exact) mass is 305 g/mol. The highest BCUT2D eigenvalue weighted by atomic mass is 32.2. The molecule has 0 bridgehead atoms. The molecule has 0 radical (unpaired) electrons. The molecule has 0 aliphatic rings. The SMILES string of the molecule is CCN(CC(C)C#N)S(=O)(=O)c1ccc(C#CCN)cc1. The van der Waals surface area contributed by atoms with E-state index in [1.807, 2.05) is 6.07 Å². The molecule has 0 saturated heterocycles. The number of hydrogen-bond donors (Lipinski definition) is 1. The van der Waals surface area contributed by atoms with E-state index in [2.05, 4.69) is 11.8 Å². The number of hydrogen-bond acceptors (Lipinski definition) is 4. The average molecular weight is 305 g/mol. The number of sulfonamides is 1. The molecule has 1 aromatic carbocycles. The predicted octanol–water partition coefficient (Wildman–Crippen LogP) is 1.17. The lowest BCUT2D eigenvalue weighted by molar-refractivity contribution is 0.400. The van der Waals surface area contributed by atoms with Gasteiger partial charge in [-0.15, -0.1) is 0 Å². The molecule has 0 aromatic heterocycles. The van der Waals surface area contributed by atoms with Gasteiger partial charge in [0.05, 0.1) is 23.4 Å². The van der Waals surface area contributed by atoms with E-state index >= 15 is 0 Å². The first kappa shape index (κ1) is 17.2. The van der Waals surface area contributed by atoms with Crippen LogP contribution in [0.3, 0.4) is 0 Å². The first-order valence-electron chi connectivity index (χ1n) is 6.64. The van der Waals surface area contributed by atoms with Gasteiger partial charge in [0.15, 0.2) is 0 Å². The van der Waals surface area contributed by atoms with Crippen LogP contribution >= 0.6 is 0 Å². The third-order valence-electron chi connectivity index (χ3n) is 2.88. The molecule has 0 aliphatic heterocycles.